The minimum atomic E-state index is -0.164. The van der Waals surface area contributed by atoms with Crippen LogP contribution in [0.3, 0.4) is 0 Å². The van der Waals surface area contributed by atoms with Crippen molar-refractivity contribution in [1.29, 1.82) is 0 Å². The Hall–Kier alpha value is -1.89. The first-order valence-corrected chi connectivity index (χ1v) is 9.27. The highest BCUT2D eigenvalue weighted by atomic mass is 32.1. The third-order valence-electron chi connectivity index (χ3n) is 4.35. The third kappa shape index (κ3) is 3.61. The molecule has 0 unspecified atom stereocenters. The maximum absolute atomic E-state index is 12.4. The number of aryl methyl sites for hydroxylation is 1. The fraction of sp³-hybridized carbons (Fsp3) is 0.588. The number of nitrogens with one attached hydrogen (secondary N) is 3. The molecule has 6 nitrogen and oxygen atoms in total. The molecule has 2 aromatic heterocycles. The van der Waals surface area contributed by atoms with Gasteiger partial charge in [0.1, 0.15) is 5.01 Å². The molecule has 0 saturated carbocycles. The molecule has 0 fully saturated rings. The zero-order valence-electron chi connectivity index (χ0n) is 14.6. The van der Waals surface area contributed by atoms with E-state index in [1.807, 2.05) is 13.1 Å². The number of aromatic amines is 1. The van der Waals surface area contributed by atoms with E-state index in [0.717, 1.165) is 35.7 Å². The zero-order valence-corrected chi connectivity index (χ0v) is 15.5. The summed E-state index contributed by atoms with van der Waals surface area (Å²) < 4.78 is 0. The molecule has 0 spiro atoms. The molecule has 0 saturated heterocycles. The van der Waals surface area contributed by atoms with E-state index in [0.29, 0.717) is 0 Å². The van der Waals surface area contributed by atoms with E-state index in [1.54, 1.807) is 11.3 Å². The van der Waals surface area contributed by atoms with E-state index < -0.39 is 0 Å². The molecule has 0 aliphatic heterocycles. The molecule has 0 aromatic carbocycles. The summed E-state index contributed by atoms with van der Waals surface area (Å²) in [6, 6.07) is -0.275. The van der Waals surface area contributed by atoms with Gasteiger partial charge in [-0.25, -0.2) is 9.78 Å². The van der Waals surface area contributed by atoms with Crippen LogP contribution in [0.25, 0.3) is 0 Å². The van der Waals surface area contributed by atoms with Gasteiger partial charge in [0, 0.05) is 10.8 Å². The molecule has 0 bridgehead atoms. The molecule has 2 atom stereocenters. The van der Waals surface area contributed by atoms with Crippen molar-refractivity contribution in [2.45, 2.75) is 64.5 Å². The lowest BCUT2D eigenvalue weighted by Gasteiger charge is -2.24. The van der Waals surface area contributed by atoms with Crippen LogP contribution >= 0.6 is 11.3 Å². The maximum atomic E-state index is 12.4. The van der Waals surface area contributed by atoms with E-state index in [-0.39, 0.29) is 23.5 Å². The van der Waals surface area contributed by atoms with Gasteiger partial charge in [-0.3, -0.25) is 5.10 Å². The third-order valence-corrected chi connectivity index (χ3v) is 5.38. The van der Waals surface area contributed by atoms with Crippen LogP contribution in [0.5, 0.6) is 0 Å². The minimum absolute atomic E-state index is 0.00452. The number of rotatable bonds is 3. The fourth-order valence-corrected chi connectivity index (χ4v) is 3.95. The Morgan fingerprint density at radius 2 is 2.25 bits per heavy atom. The second kappa shape index (κ2) is 6.55. The maximum Gasteiger partial charge on any atom is 0.315 e. The van der Waals surface area contributed by atoms with E-state index in [4.69, 9.17) is 0 Å². The van der Waals surface area contributed by atoms with E-state index in [9.17, 15) is 4.79 Å². The number of fused-ring (bicyclic) bond motifs is 1. The van der Waals surface area contributed by atoms with Crippen molar-refractivity contribution in [1.82, 2.24) is 25.8 Å². The van der Waals surface area contributed by atoms with Crippen LogP contribution < -0.4 is 10.6 Å². The predicted octanol–water partition coefficient (Wildman–Crippen LogP) is 3.60. The lowest BCUT2D eigenvalue weighted by molar-refractivity contribution is 0.232. The topological polar surface area (TPSA) is 82.7 Å². The molecule has 2 heterocycles. The molecular weight excluding hydrogens is 322 g/mol. The van der Waals surface area contributed by atoms with Gasteiger partial charge in [0.05, 0.1) is 29.7 Å². The van der Waals surface area contributed by atoms with Gasteiger partial charge in [-0.1, -0.05) is 20.8 Å². The van der Waals surface area contributed by atoms with Gasteiger partial charge in [-0.15, -0.1) is 11.3 Å². The number of H-pyrrole nitrogens is 1. The van der Waals surface area contributed by atoms with Gasteiger partial charge in [-0.05, 0) is 31.7 Å². The average molecular weight is 347 g/mol. The highest BCUT2D eigenvalue weighted by Crippen LogP contribution is 2.28. The van der Waals surface area contributed by atoms with E-state index >= 15 is 0 Å². The Kier molecular flexibility index (Phi) is 4.62. The SMILES string of the molecule is C[C@@H](NC(=O)N[C@@H]1CCCc2cn[nH]c21)c1nc(C(C)(C)C)cs1. The smallest absolute Gasteiger partial charge is 0.315 e. The van der Waals surface area contributed by atoms with Gasteiger partial charge in [0.2, 0.25) is 0 Å². The number of hydrogen-bond donors (Lipinski definition) is 3. The molecule has 3 N–H and O–H groups in total. The van der Waals surface area contributed by atoms with E-state index in [2.05, 4.69) is 52.0 Å². The number of amides is 2. The molecule has 2 amide bonds. The Balaban J connectivity index is 1.60. The van der Waals surface area contributed by atoms with Crippen molar-refractivity contribution >= 4 is 17.4 Å². The molecular formula is C17H25N5OS. The lowest BCUT2D eigenvalue weighted by atomic mass is 9.93. The summed E-state index contributed by atoms with van der Waals surface area (Å²) in [5, 5.41) is 16.2. The molecule has 130 valence electrons. The standard InChI is InChI=1S/C17H25N5OS/c1-10(15-21-13(9-24-15)17(2,3)4)19-16(23)20-12-7-5-6-11-8-18-22-14(11)12/h8-10,12H,5-7H2,1-4H3,(H,18,22)(H2,19,20,23)/t10-,12-/m1/s1. The summed E-state index contributed by atoms with van der Waals surface area (Å²) >= 11 is 1.59. The Morgan fingerprint density at radius 1 is 1.46 bits per heavy atom. The largest absolute Gasteiger partial charge is 0.330 e. The highest BCUT2D eigenvalue weighted by Gasteiger charge is 2.25. The zero-order chi connectivity index (χ0) is 17.3. The first-order valence-electron chi connectivity index (χ1n) is 8.39. The molecule has 1 aliphatic carbocycles. The van der Waals surface area contributed by atoms with Crippen LogP contribution in [0.2, 0.25) is 0 Å². The quantitative estimate of drug-likeness (QED) is 0.793. The first kappa shape index (κ1) is 17.0. The van der Waals surface area contributed by atoms with Gasteiger partial charge >= 0.3 is 6.03 Å². The van der Waals surface area contributed by atoms with Crippen molar-refractivity contribution in [3.8, 4) is 0 Å². The number of hydrogen-bond acceptors (Lipinski definition) is 4. The van der Waals surface area contributed by atoms with E-state index in [1.165, 1.54) is 5.56 Å². The molecule has 3 rings (SSSR count). The lowest BCUT2D eigenvalue weighted by Crippen LogP contribution is -2.40. The van der Waals surface area contributed by atoms with Crippen molar-refractivity contribution in [2.24, 2.45) is 0 Å². The summed E-state index contributed by atoms with van der Waals surface area (Å²) in [7, 11) is 0. The van der Waals surface area contributed by atoms with Crippen molar-refractivity contribution in [2.75, 3.05) is 0 Å². The molecule has 0 radical (unpaired) electrons. The number of aromatic nitrogens is 3. The van der Waals surface area contributed by atoms with Gasteiger partial charge in [0.25, 0.3) is 0 Å². The van der Waals surface area contributed by atoms with Crippen molar-refractivity contribution in [3.05, 3.63) is 33.5 Å². The molecule has 2 aromatic rings. The minimum Gasteiger partial charge on any atom is -0.330 e. The van der Waals surface area contributed by atoms with Gasteiger partial charge in [0.15, 0.2) is 0 Å². The predicted molar refractivity (Wildman–Crippen MR) is 95.2 cm³/mol. The summed E-state index contributed by atoms with van der Waals surface area (Å²) in [6.07, 6.45) is 4.88. The number of carbonyl (C=O) groups is 1. The van der Waals surface area contributed by atoms with Gasteiger partial charge < -0.3 is 10.6 Å². The van der Waals surface area contributed by atoms with Gasteiger partial charge in [-0.2, -0.15) is 5.10 Å². The second-order valence-electron chi connectivity index (χ2n) is 7.41. The van der Waals surface area contributed by atoms with Crippen LogP contribution in [-0.4, -0.2) is 21.2 Å². The number of urea groups is 1. The number of thiazole rings is 1. The average Bonchev–Trinajstić information content (AvgIpc) is 3.16. The summed E-state index contributed by atoms with van der Waals surface area (Å²) in [4.78, 5) is 17.0. The summed E-state index contributed by atoms with van der Waals surface area (Å²) in [6.45, 7) is 8.39. The fourth-order valence-electron chi connectivity index (χ4n) is 2.90. The summed E-state index contributed by atoms with van der Waals surface area (Å²) in [5.41, 5.74) is 3.32. The Morgan fingerprint density at radius 3 is 2.96 bits per heavy atom. The number of nitrogens with zero attached hydrogens (tertiary/aromatic N) is 2. The summed E-state index contributed by atoms with van der Waals surface area (Å²) in [5.74, 6) is 0. The molecule has 24 heavy (non-hydrogen) atoms. The second-order valence-corrected chi connectivity index (χ2v) is 8.30. The first-order chi connectivity index (χ1) is 11.3. The van der Waals surface area contributed by atoms with Crippen LogP contribution in [0, 0.1) is 0 Å². The van der Waals surface area contributed by atoms with Crippen LogP contribution in [-0.2, 0) is 11.8 Å². The van der Waals surface area contributed by atoms with Crippen molar-refractivity contribution in [3.63, 3.8) is 0 Å². The van der Waals surface area contributed by atoms with Crippen molar-refractivity contribution < 1.29 is 4.79 Å². The van der Waals surface area contributed by atoms with Crippen LogP contribution in [0.4, 0.5) is 4.79 Å². The monoisotopic (exact) mass is 347 g/mol. The van der Waals surface area contributed by atoms with Crippen LogP contribution in [0.15, 0.2) is 11.6 Å². The Labute approximate surface area is 146 Å². The Bertz CT molecular complexity index is 715. The number of carbonyl (C=O) groups excluding carboxylic acids is 1. The molecule has 1 aliphatic rings. The molecule has 7 heteroatoms. The van der Waals surface area contributed by atoms with Crippen LogP contribution in [0.1, 0.15) is 74.6 Å². The normalized spacial score (nSPS) is 18.8. The highest BCUT2D eigenvalue weighted by molar-refractivity contribution is 7.09.